The van der Waals surface area contributed by atoms with Crippen LogP contribution in [0.4, 0.5) is 5.69 Å². The van der Waals surface area contributed by atoms with E-state index in [0.717, 1.165) is 37.3 Å². The van der Waals surface area contributed by atoms with Gasteiger partial charge in [-0.3, -0.25) is 14.6 Å². The summed E-state index contributed by atoms with van der Waals surface area (Å²) in [6, 6.07) is 3.58. The normalized spacial score (nSPS) is 11.5. The Morgan fingerprint density at radius 1 is 1.00 bits per heavy atom. The number of fused-ring (bicyclic) bond motifs is 1. The Kier molecular flexibility index (Phi) is 7.60. The predicted molar refractivity (Wildman–Crippen MR) is 112 cm³/mol. The lowest BCUT2D eigenvalue weighted by atomic mass is 10.0. The Morgan fingerprint density at radius 3 is 2.04 bits per heavy atom. The summed E-state index contributed by atoms with van der Waals surface area (Å²) in [4.78, 5) is 28.1. The van der Waals surface area contributed by atoms with Crippen molar-refractivity contribution in [1.29, 1.82) is 0 Å². The summed E-state index contributed by atoms with van der Waals surface area (Å²) < 4.78 is 5.45. The van der Waals surface area contributed by atoms with Crippen molar-refractivity contribution in [3.05, 3.63) is 33.7 Å². The minimum absolute atomic E-state index is 0.0170. The minimum Gasteiger partial charge on any atom is -0.504 e. The molecule has 0 spiro atoms. The van der Waals surface area contributed by atoms with Gasteiger partial charge in [-0.05, 0) is 43.9 Å². The molecule has 0 unspecified atom stereocenters. The van der Waals surface area contributed by atoms with Crippen molar-refractivity contribution in [3.8, 4) is 5.75 Å². The third-order valence-corrected chi connectivity index (χ3v) is 5.05. The Bertz CT molecular complexity index is 883. The average molecular weight is 389 g/mol. The van der Waals surface area contributed by atoms with E-state index in [1.54, 1.807) is 6.07 Å². The van der Waals surface area contributed by atoms with E-state index in [-0.39, 0.29) is 22.9 Å². The van der Waals surface area contributed by atoms with Gasteiger partial charge in [-0.2, -0.15) is 0 Å². The van der Waals surface area contributed by atoms with Crippen LogP contribution in [0.3, 0.4) is 0 Å². The lowest BCUT2D eigenvalue weighted by Crippen LogP contribution is -2.24. The number of hydrogen-bond donors (Lipinski definition) is 2. The monoisotopic (exact) mass is 389 g/mol. The molecule has 0 aliphatic carbocycles. The maximum Gasteiger partial charge on any atom is 0.360 e. The topological polar surface area (TPSA) is 86.0 Å². The van der Waals surface area contributed by atoms with Crippen LogP contribution >= 0.6 is 0 Å². The van der Waals surface area contributed by atoms with E-state index in [4.69, 9.17) is 4.42 Å². The Hall–Kier alpha value is -2.38. The molecule has 1 aromatic heterocycles. The summed E-state index contributed by atoms with van der Waals surface area (Å²) in [6.07, 6.45) is 0. The van der Waals surface area contributed by atoms with Gasteiger partial charge in [-0.25, -0.2) is 4.79 Å². The summed E-state index contributed by atoms with van der Waals surface area (Å²) in [7, 11) is 0. The van der Waals surface area contributed by atoms with Gasteiger partial charge < -0.3 is 14.8 Å². The van der Waals surface area contributed by atoms with Crippen molar-refractivity contribution in [2.45, 2.75) is 47.7 Å². The fourth-order valence-electron chi connectivity index (χ4n) is 3.29. The third-order valence-electron chi connectivity index (χ3n) is 5.05. The molecule has 1 amide bonds. The molecular weight excluding hydrogens is 358 g/mol. The second-order valence-electron chi connectivity index (χ2n) is 6.84. The highest BCUT2D eigenvalue weighted by Crippen LogP contribution is 2.33. The molecule has 0 saturated heterocycles. The number of benzene rings is 1. The molecule has 0 fully saturated rings. The smallest absolute Gasteiger partial charge is 0.360 e. The molecule has 0 bridgehead atoms. The molecule has 7 heteroatoms. The zero-order valence-electron chi connectivity index (χ0n) is 17.5. The number of anilines is 1. The summed E-state index contributed by atoms with van der Waals surface area (Å²) in [5.74, 6) is -0.365. The maximum absolute atomic E-state index is 12.3. The molecule has 1 aromatic carbocycles. The number of nitrogens with zero attached hydrogens (tertiary/aromatic N) is 2. The van der Waals surface area contributed by atoms with Crippen LogP contribution < -0.4 is 10.9 Å². The van der Waals surface area contributed by atoms with Gasteiger partial charge in [0, 0.05) is 31.0 Å². The molecule has 0 atom stereocenters. The van der Waals surface area contributed by atoms with E-state index >= 15 is 0 Å². The van der Waals surface area contributed by atoms with Gasteiger partial charge in [-0.15, -0.1) is 0 Å². The first-order chi connectivity index (χ1) is 13.3. The highest BCUT2D eigenvalue weighted by Gasteiger charge is 2.19. The van der Waals surface area contributed by atoms with E-state index in [2.05, 4.69) is 42.8 Å². The minimum atomic E-state index is -0.674. The highest BCUT2D eigenvalue weighted by molar-refractivity contribution is 5.93. The number of phenolic OH excluding ortho intramolecular Hbond substituents is 1. The number of rotatable bonds is 9. The zero-order chi connectivity index (χ0) is 20.8. The molecule has 2 rings (SSSR count). The number of carbonyl (C=O) groups excluding carboxylic acids is 1. The van der Waals surface area contributed by atoms with Crippen LogP contribution in [0.5, 0.6) is 5.75 Å². The van der Waals surface area contributed by atoms with E-state index < -0.39 is 5.63 Å². The Labute approximate surface area is 165 Å². The standard InChI is InChI=1S/C21H31N3O4/c1-6-23(7-2)12-15-10-16(13-24(8-3)9-4)19(26)20-17(15)11-18(21(27)28-20)22-14(5)25/h10-11,26H,6-9,12-13H2,1-5H3,(H,22,25). The fourth-order valence-corrected chi connectivity index (χ4v) is 3.29. The SMILES string of the molecule is CCN(CC)Cc1cc(CN(CC)CC)c2cc(NC(C)=O)c(=O)oc2c1O. The molecule has 7 nitrogen and oxygen atoms in total. The maximum atomic E-state index is 12.3. The molecule has 2 N–H and O–H groups in total. The first-order valence-electron chi connectivity index (χ1n) is 9.88. The largest absolute Gasteiger partial charge is 0.504 e. The first kappa shape index (κ1) is 21.9. The summed E-state index contributed by atoms with van der Waals surface area (Å²) in [5.41, 5.74) is 1.26. The van der Waals surface area contributed by atoms with E-state index in [9.17, 15) is 14.7 Å². The average Bonchev–Trinajstić information content (AvgIpc) is 2.67. The molecule has 0 aliphatic heterocycles. The first-order valence-corrected chi connectivity index (χ1v) is 9.88. The number of aromatic hydroxyl groups is 1. The second kappa shape index (κ2) is 9.71. The van der Waals surface area contributed by atoms with Gasteiger partial charge in [0.25, 0.3) is 0 Å². The van der Waals surface area contributed by atoms with Crippen LogP contribution in [0.15, 0.2) is 21.3 Å². The molecule has 1 heterocycles. The number of phenols is 1. The molecule has 0 aliphatic rings. The second-order valence-corrected chi connectivity index (χ2v) is 6.84. The van der Waals surface area contributed by atoms with Crippen molar-refractivity contribution >= 4 is 22.6 Å². The van der Waals surface area contributed by atoms with Gasteiger partial charge in [-0.1, -0.05) is 27.7 Å². The number of carbonyl (C=O) groups is 1. The van der Waals surface area contributed by atoms with Crippen LogP contribution in [-0.2, 0) is 17.9 Å². The highest BCUT2D eigenvalue weighted by atomic mass is 16.4. The van der Waals surface area contributed by atoms with Gasteiger partial charge in [0.1, 0.15) is 5.69 Å². The van der Waals surface area contributed by atoms with Crippen LogP contribution in [-0.4, -0.2) is 47.0 Å². The quantitative estimate of drug-likeness (QED) is 0.641. The van der Waals surface area contributed by atoms with E-state index in [1.807, 2.05) is 6.07 Å². The third kappa shape index (κ3) is 4.91. The van der Waals surface area contributed by atoms with Crippen molar-refractivity contribution in [2.24, 2.45) is 0 Å². The molecular formula is C21H31N3O4. The van der Waals surface area contributed by atoms with Gasteiger partial charge >= 0.3 is 5.63 Å². The number of hydrogen-bond acceptors (Lipinski definition) is 6. The lowest BCUT2D eigenvalue weighted by molar-refractivity contribution is -0.114. The van der Waals surface area contributed by atoms with Crippen LogP contribution in [0, 0.1) is 0 Å². The molecule has 154 valence electrons. The van der Waals surface area contributed by atoms with Crippen LogP contribution in [0.25, 0.3) is 11.0 Å². The van der Waals surface area contributed by atoms with Crippen molar-refractivity contribution in [3.63, 3.8) is 0 Å². The van der Waals surface area contributed by atoms with Crippen molar-refractivity contribution in [1.82, 2.24) is 9.80 Å². The summed E-state index contributed by atoms with van der Waals surface area (Å²) in [5, 5.41) is 13.9. The fraction of sp³-hybridized carbons (Fsp3) is 0.524. The Morgan fingerprint density at radius 2 is 1.54 bits per heavy atom. The summed E-state index contributed by atoms with van der Waals surface area (Å²) in [6.45, 7) is 14.3. The van der Waals surface area contributed by atoms with E-state index in [1.165, 1.54) is 6.92 Å². The van der Waals surface area contributed by atoms with Crippen LogP contribution in [0.1, 0.15) is 45.7 Å². The predicted octanol–water partition coefficient (Wildman–Crippen LogP) is 3.14. The summed E-state index contributed by atoms with van der Waals surface area (Å²) >= 11 is 0. The van der Waals surface area contributed by atoms with Gasteiger partial charge in [0.2, 0.25) is 5.91 Å². The molecule has 28 heavy (non-hydrogen) atoms. The number of amides is 1. The van der Waals surface area contributed by atoms with Crippen molar-refractivity contribution in [2.75, 3.05) is 31.5 Å². The van der Waals surface area contributed by atoms with Crippen LogP contribution in [0.2, 0.25) is 0 Å². The molecule has 2 aromatic rings. The Balaban J connectivity index is 2.68. The van der Waals surface area contributed by atoms with E-state index in [0.29, 0.717) is 18.5 Å². The van der Waals surface area contributed by atoms with Gasteiger partial charge in [0.15, 0.2) is 11.3 Å². The van der Waals surface area contributed by atoms with Crippen molar-refractivity contribution < 1.29 is 14.3 Å². The lowest BCUT2D eigenvalue weighted by Gasteiger charge is -2.23. The zero-order valence-corrected chi connectivity index (χ0v) is 17.5. The number of nitrogens with one attached hydrogen (secondary N) is 1. The molecule has 0 radical (unpaired) electrons. The molecule has 0 saturated carbocycles. The van der Waals surface area contributed by atoms with Gasteiger partial charge in [0.05, 0.1) is 0 Å².